The maximum Gasteiger partial charge on any atom is 0.304 e. The predicted octanol–water partition coefficient (Wildman–Crippen LogP) is 2.89. The molecule has 5 heteroatoms. The molecule has 0 saturated carbocycles. The highest BCUT2D eigenvalue weighted by Gasteiger charge is 2.24. The topological polar surface area (TPSA) is 60.8 Å². The molecule has 2 atom stereocenters. The predicted molar refractivity (Wildman–Crippen MR) is 80.0 cm³/mol. The Morgan fingerprint density at radius 3 is 3.00 bits per heavy atom. The molecule has 0 spiro atoms. The van der Waals surface area contributed by atoms with Gasteiger partial charge < -0.3 is 10.2 Å². The van der Waals surface area contributed by atoms with Crippen molar-refractivity contribution in [2.24, 2.45) is 0 Å². The van der Waals surface area contributed by atoms with Crippen LogP contribution in [0.25, 0.3) is 0 Å². The molecule has 0 aromatic carbocycles. The number of carboxylic acid groups (broad SMARTS) is 1. The van der Waals surface area contributed by atoms with Gasteiger partial charge in [0, 0.05) is 17.5 Å². The van der Waals surface area contributed by atoms with Crippen LogP contribution in [-0.2, 0) is 4.79 Å². The van der Waals surface area contributed by atoms with Crippen molar-refractivity contribution in [3.63, 3.8) is 0 Å². The Morgan fingerprint density at radius 1 is 1.45 bits per heavy atom. The van der Waals surface area contributed by atoms with Crippen molar-refractivity contribution in [1.29, 1.82) is 0 Å². The highest BCUT2D eigenvalue weighted by molar-refractivity contribution is 7.10. The lowest BCUT2D eigenvalue weighted by Gasteiger charge is -2.30. The van der Waals surface area contributed by atoms with Crippen molar-refractivity contribution >= 4 is 17.3 Å². The largest absolute Gasteiger partial charge is 0.481 e. The van der Waals surface area contributed by atoms with Crippen molar-refractivity contribution in [3.05, 3.63) is 22.4 Å². The number of likely N-dealkylation sites (tertiary alicyclic amines) is 1. The Labute approximate surface area is 124 Å². The van der Waals surface area contributed by atoms with Crippen LogP contribution in [0.15, 0.2) is 17.5 Å². The van der Waals surface area contributed by atoms with E-state index in [1.165, 1.54) is 12.8 Å². The number of aliphatic carboxylic acids is 1. The minimum Gasteiger partial charge on any atom is -0.481 e. The number of hydrogen-bond donors (Lipinski definition) is 2. The zero-order valence-corrected chi connectivity index (χ0v) is 12.5. The smallest absolute Gasteiger partial charge is 0.304 e. The van der Waals surface area contributed by atoms with Crippen molar-refractivity contribution in [3.8, 4) is 0 Å². The summed E-state index contributed by atoms with van der Waals surface area (Å²) in [7, 11) is 0. The number of nitrogens with zero attached hydrogens (tertiary/aromatic N) is 1. The highest BCUT2D eigenvalue weighted by atomic mass is 32.1. The van der Waals surface area contributed by atoms with Crippen molar-refractivity contribution < 1.29 is 15.0 Å². The molecule has 2 heterocycles. The van der Waals surface area contributed by atoms with Crippen LogP contribution in [0.5, 0.6) is 0 Å². The van der Waals surface area contributed by atoms with E-state index in [1.54, 1.807) is 11.3 Å². The van der Waals surface area contributed by atoms with E-state index < -0.39 is 12.1 Å². The summed E-state index contributed by atoms with van der Waals surface area (Å²) in [6.45, 7) is 1.55. The van der Waals surface area contributed by atoms with E-state index >= 15 is 0 Å². The molecule has 1 aliphatic heterocycles. The summed E-state index contributed by atoms with van der Waals surface area (Å²) < 4.78 is 0. The van der Waals surface area contributed by atoms with E-state index in [4.69, 9.17) is 5.11 Å². The molecule has 2 N–H and O–H groups in total. The number of carboxylic acids is 1. The lowest BCUT2D eigenvalue weighted by atomic mass is 10.0. The lowest BCUT2D eigenvalue weighted by molar-refractivity contribution is -0.137. The quantitative estimate of drug-likeness (QED) is 0.847. The molecule has 1 aromatic heterocycles. The molecule has 0 unspecified atom stereocenters. The molecule has 0 amide bonds. The monoisotopic (exact) mass is 297 g/mol. The summed E-state index contributed by atoms with van der Waals surface area (Å²) in [4.78, 5) is 14.0. The summed E-state index contributed by atoms with van der Waals surface area (Å²) in [5.41, 5.74) is 0. The average Bonchev–Trinajstić information content (AvgIpc) is 2.86. The molecule has 1 fully saturated rings. The first-order chi connectivity index (χ1) is 9.66. The summed E-state index contributed by atoms with van der Waals surface area (Å²) in [6, 6.07) is 4.22. The van der Waals surface area contributed by atoms with Crippen LogP contribution in [0.4, 0.5) is 0 Å². The van der Waals surface area contributed by atoms with E-state index in [9.17, 15) is 9.90 Å². The van der Waals surface area contributed by atoms with Crippen LogP contribution < -0.4 is 0 Å². The average molecular weight is 297 g/mol. The van der Waals surface area contributed by atoms with Gasteiger partial charge in [0.1, 0.15) is 0 Å². The molecule has 0 aliphatic carbocycles. The van der Waals surface area contributed by atoms with Gasteiger partial charge in [0.2, 0.25) is 0 Å². The lowest BCUT2D eigenvalue weighted by Crippen LogP contribution is -2.37. The van der Waals surface area contributed by atoms with E-state index in [0.29, 0.717) is 19.0 Å². The van der Waals surface area contributed by atoms with Crippen LogP contribution in [0.3, 0.4) is 0 Å². The summed E-state index contributed by atoms with van der Waals surface area (Å²) in [5, 5.41) is 21.2. The molecule has 0 bridgehead atoms. The number of hydrogen-bond acceptors (Lipinski definition) is 4. The Bertz CT molecular complexity index is 407. The maximum absolute atomic E-state index is 10.8. The van der Waals surface area contributed by atoms with Gasteiger partial charge in [0.05, 0.1) is 12.5 Å². The molecule has 4 nitrogen and oxygen atoms in total. The van der Waals surface area contributed by atoms with Gasteiger partial charge in [-0.15, -0.1) is 11.3 Å². The van der Waals surface area contributed by atoms with Gasteiger partial charge in [-0.05, 0) is 37.3 Å². The minimum atomic E-state index is -0.744. The van der Waals surface area contributed by atoms with E-state index in [0.717, 1.165) is 24.3 Å². The number of thiophene rings is 1. The van der Waals surface area contributed by atoms with Gasteiger partial charge >= 0.3 is 5.97 Å². The van der Waals surface area contributed by atoms with Crippen LogP contribution in [0.2, 0.25) is 0 Å². The summed E-state index contributed by atoms with van der Waals surface area (Å²) in [5.74, 6) is -0.744. The third-order valence-electron chi connectivity index (χ3n) is 3.98. The highest BCUT2D eigenvalue weighted by Crippen LogP contribution is 2.28. The van der Waals surface area contributed by atoms with Crippen molar-refractivity contribution in [1.82, 2.24) is 4.90 Å². The van der Waals surface area contributed by atoms with Gasteiger partial charge in [-0.25, -0.2) is 0 Å². The van der Waals surface area contributed by atoms with Crippen LogP contribution >= 0.6 is 11.3 Å². The molecule has 112 valence electrons. The van der Waals surface area contributed by atoms with Gasteiger partial charge in [-0.1, -0.05) is 18.9 Å². The zero-order valence-electron chi connectivity index (χ0n) is 11.7. The molecule has 0 radical (unpaired) electrons. The minimum absolute atomic E-state index is 0.186. The van der Waals surface area contributed by atoms with Crippen LogP contribution in [0.1, 0.15) is 49.5 Å². The molecule has 1 aromatic rings. The van der Waals surface area contributed by atoms with Crippen LogP contribution in [-0.4, -0.2) is 40.2 Å². The Kier molecular flexibility index (Phi) is 6.01. The molecule has 1 saturated heterocycles. The number of aliphatic hydroxyl groups excluding tert-OH is 1. The third kappa shape index (κ3) is 4.58. The molecule has 1 aliphatic rings. The fourth-order valence-corrected chi connectivity index (χ4v) is 3.62. The first-order valence-electron chi connectivity index (χ1n) is 7.34. The first-order valence-corrected chi connectivity index (χ1v) is 8.22. The molecular weight excluding hydrogens is 274 g/mol. The van der Waals surface area contributed by atoms with Crippen LogP contribution in [0, 0.1) is 0 Å². The van der Waals surface area contributed by atoms with Gasteiger partial charge in [-0.3, -0.25) is 9.69 Å². The number of rotatable bonds is 6. The summed E-state index contributed by atoms with van der Waals surface area (Å²) in [6.07, 6.45) is 5.03. The normalized spacial score (nSPS) is 22.4. The fourth-order valence-electron chi connectivity index (χ4n) is 2.89. The molecule has 2 rings (SSSR count). The Balaban J connectivity index is 1.95. The Hall–Kier alpha value is -0.910. The zero-order chi connectivity index (χ0) is 14.4. The first kappa shape index (κ1) is 15.5. The maximum atomic E-state index is 10.8. The second-order valence-electron chi connectivity index (χ2n) is 5.45. The second kappa shape index (κ2) is 7.76. The molecule has 20 heavy (non-hydrogen) atoms. The van der Waals surface area contributed by atoms with Gasteiger partial charge in [0.25, 0.3) is 0 Å². The van der Waals surface area contributed by atoms with Gasteiger partial charge in [0.15, 0.2) is 0 Å². The molecular formula is C15H23NO3S. The fraction of sp³-hybridized carbons (Fsp3) is 0.667. The SMILES string of the molecule is O=C(O)CCN1CCCCC[C@@H]1C[C@@H](O)c1cccs1. The van der Waals surface area contributed by atoms with Gasteiger partial charge in [-0.2, -0.15) is 0 Å². The summed E-state index contributed by atoms with van der Waals surface area (Å²) >= 11 is 1.58. The van der Waals surface area contributed by atoms with Crippen molar-refractivity contribution in [2.75, 3.05) is 13.1 Å². The van der Waals surface area contributed by atoms with Crippen molar-refractivity contribution in [2.45, 2.75) is 50.7 Å². The Morgan fingerprint density at radius 2 is 2.30 bits per heavy atom. The second-order valence-corrected chi connectivity index (χ2v) is 6.43. The number of aliphatic hydroxyl groups is 1. The number of carbonyl (C=O) groups is 1. The third-order valence-corrected chi connectivity index (χ3v) is 4.95. The van der Waals surface area contributed by atoms with E-state index in [1.807, 2.05) is 17.5 Å². The standard InChI is InChI=1S/C15H23NO3S/c17-13(14-6-4-10-20-14)11-12-5-2-1-3-8-16(12)9-7-15(18)19/h4,6,10,12-13,17H,1-3,5,7-9,11H2,(H,18,19)/t12-,13-/m1/s1. The van der Waals surface area contributed by atoms with E-state index in [-0.39, 0.29) is 6.42 Å². The van der Waals surface area contributed by atoms with E-state index in [2.05, 4.69) is 4.90 Å².